The highest BCUT2D eigenvalue weighted by atomic mass is 35.5. The Bertz CT molecular complexity index is 567. The zero-order valence-corrected chi connectivity index (χ0v) is 13.2. The first-order chi connectivity index (χ1) is 9.54. The summed E-state index contributed by atoms with van der Waals surface area (Å²) in [6, 6.07) is 9.11. The van der Waals surface area contributed by atoms with E-state index in [2.05, 4.69) is 5.32 Å². The molecule has 0 unspecified atom stereocenters. The minimum absolute atomic E-state index is 0.00879. The number of hydrogen-bond acceptors (Lipinski definition) is 3. The van der Waals surface area contributed by atoms with Crippen LogP contribution in [0.15, 0.2) is 35.7 Å². The number of halogens is 2. The number of rotatable bonds is 5. The number of hydrogen-bond donors (Lipinski definition) is 1. The van der Waals surface area contributed by atoms with Crippen LogP contribution >= 0.6 is 34.5 Å². The van der Waals surface area contributed by atoms with Gasteiger partial charge in [-0.2, -0.15) is 0 Å². The third-order valence-corrected chi connectivity index (χ3v) is 4.00. The number of anilines is 1. The minimum Gasteiger partial charge on any atom is -0.376 e. The molecule has 20 heavy (non-hydrogen) atoms. The molecule has 1 aromatic heterocycles. The van der Waals surface area contributed by atoms with Crippen molar-refractivity contribution >= 4 is 46.1 Å². The van der Waals surface area contributed by atoms with Gasteiger partial charge in [0.25, 0.3) is 0 Å². The van der Waals surface area contributed by atoms with Gasteiger partial charge >= 0.3 is 0 Å². The van der Waals surface area contributed by atoms with Gasteiger partial charge in [0.1, 0.15) is 0 Å². The highest BCUT2D eigenvalue weighted by Gasteiger charge is 2.09. The summed E-state index contributed by atoms with van der Waals surface area (Å²) in [7, 11) is 1.79. The van der Waals surface area contributed by atoms with Crippen molar-refractivity contribution in [2.75, 3.05) is 18.9 Å². The Hall–Kier alpha value is -1.23. The standard InChI is InChI=1S/C14H14Cl2N2OS/c1-18(9-13-3-2-4-20-13)14(19)8-17-12-6-10(15)5-11(16)7-12/h2-7,17H,8-9H2,1H3. The first-order valence-corrected chi connectivity index (χ1v) is 7.64. The number of thiophene rings is 1. The summed E-state index contributed by atoms with van der Waals surface area (Å²) in [4.78, 5) is 14.9. The molecule has 3 nitrogen and oxygen atoms in total. The van der Waals surface area contributed by atoms with Gasteiger partial charge in [-0.3, -0.25) is 4.79 Å². The number of benzene rings is 1. The Labute approximate surface area is 132 Å². The maximum Gasteiger partial charge on any atom is 0.241 e. The fourth-order valence-electron chi connectivity index (χ4n) is 1.69. The Morgan fingerprint density at radius 1 is 1.30 bits per heavy atom. The van der Waals surface area contributed by atoms with Gasteiger partial charge in [-0.25, -0.2) is 0 Å². The third-order valence-electron chi connectivity index (χ3n) is 2.71. The first kappa shape index (κ1) is 15.2. The number of nitrogens with zero attached hydrogens (tertiary/aromatic N) is 1. The van der Waals surface area contributed by atoms with Crippen LogP contribution < -0.4 is 5.32 Å². The van der Waals surface area contributed by atoms with Crippen molar-refractivity contribution in [2.24, 2.45) is 0 Å². The van der Waals surface area contributed by atoms with E-state index in [0.717, 1.165) is 10.6 Å². The molecule has 2 rings (SSSR count). The molecular weight excluding hydrogens is 315 g/mol. The van der Waals surface area contributed by atoms with E-state index in [4.69, 9.17) is 23.2 Å². The summed E-state index contributed by atoms with van der Waals surface area (Å²) < 4.78 is 0. The summed E-state index contributed by atoms with van der Waals surface area (Å²) in [5.41, 5.74) is 0.736. The molecule has 0 saturated carbocycles. The van der Waals surface area contributed by atoms with Gasteiger partial charge in [0.05, 0.1) is 13.1 Å². The predicted octanol–water partition coefficient (Wildman–Crippen LogP) is 4.13. The van der Waals surface area contributed by atoms with Crippen LogP contribution in [0.4, 0.5) is 5.69 Å². The highest BCUT2D eigenvalue weighted by molar-refractivity contribution is 7.09. The summed E-state index contributed by atoms with van der Waals surface area (Å²) in [5, 5.41) is 6.11. The van der Waals surface area contributed by atoms with Crippen LogP contribution in [0.3, 0.4) is 0 Å². The molecule has 1 aromatic carbocycles. The Kier molecular flexibility index (Phi) is 5.29. The van der Waals surface area contributed by atoms with Crippen LogP contribution in [0.1, 0.15) is 4.88 Å². The van der Waals surface area contributed by atoms with Crippen molar-refractivity contribution in [1.82, 2.24) is 4.90 Å². The predicted molar refractivity (Wildman–Crippen MR) is 85.7 cm³/mol. The molecule has 0 fully saturated rings. The topological polar surface area (TPSA) is 32.3 Å². The molecule has 0 bridgehead atoms. The molecular formula is C14H14Cl2N2OS. The molecule has 0 aliphatic rings. The fourth-order valence-corrected chi connectivity index (χ4v) is 2.98. The van der Waals surface area contributed by atoms with Crippen molar-refractivity contribution in [1.29, 1.82) is 0 Å². The second-order valence-electron chi connectivity index (χ2n) is 4.34. The molecule has 6 heteroatoms. The largest absolute Gasteiger partial charge is 0.376 e. The highest BCUT2D eigenvalue weighted by Crippen LogP contribution is 2.22. The lowest BCUT2D eigenvalue weighted by Crippen LogP contribution is -2.31. The molecule has 1 N–H and O–H groups in total. The van der Waals surface area contributed by atoms with Crippen molar-refractivity contribution in [2.45, 2.75) is 6.54 Å². The molecule has 1 heterocycles. The lowest BCUT2D eigenvalue weighted by molar-refractivity contribution is -0.128. The molecule has 0 atom stereocenters. The molecule has 0 aliphatic carbocycles. The summed E-state index contributed by atoms with van der Waals surface area (Å²) in [6.45, 7) is 0.826. The second-order valence-corrected chi connectivity index (χ2v) is 6.25. The van der Waals surface area contributed by atoms with E-state index in [-0.39, 0.29) is 12.5 Å². The average molecular weight is 329 g/mol. The van der Waals surface area contributed by atoms with Gasteiger partial charge < -0.3 is 10.2 Å². The zero-order chi connectivity index (χ0) is 14.5. The molecule has 0 saturated heterocycles. The number of nitrogens with one attached hydrogen (secondary N) is 1. The molecule has 0 radical (unpaired) electrons. The average Bonchev–Trinajstić information content (AvgIpc) is 2.87. The van der Waals surface area contributed by atoms with Crippen molar-refractivity contribution in [3.05, 3.63) is 50.6 Å². The van der Waals surface area contributed by atoms with Crippen molar-refractivity contribution in [3.63, 3.8) is 0 Å². The van der Waals surface area contributed by atoms with Crippen LogP contribution in [0, 0.1) is 0 Å². The quantitative estimate of drug-likeness (QED) is 0.895. The van der Waals surface area contributed by atoms with E-state index in [0.29, 0.717) is 16.6 Å². The van der Waals surface area contributed by atoms with Crippen molar-refractivity contribution < 1.29 is 4.79 Å². The van der Waals surface area contributed by atoms with Crippen LogP contribution in [-0.4, -0.2) is 24.4 Å². The molecule has 0 spiro atoms. The normalized spacial score (nSPS) is 10.3. The van der Waals surface area contributed by atoms with E-state index in [1.54, 1.807) is 41.5 Å². The van der Waals surface area contributed by atoms with Crippen LogP contribution in [-0.2, 0) is 11.3 Å². The van der Waals surface area contributed by atoms with Gasteiger partial charge in [-0.15, -0.1) is 11.3 Å². The van der Waals surface area contributed by atoms with E-state index in [9.17, 15) is 4.79 Å². The Balaban J connectivity index is 1.88. The number of carbonyl (C=O) groups excluding carboxylic acids is 1. The Morgan fingerprint density at radius 2 is 2.00 bits per heavy atom. The summed E-state index contributed by atoms with van der Waals surface area (Å²) >= 11 is 13.4. The number of likely N-dealkylation sites (N-methyl/N-ethyl adjacent to an activating group) is 1. The minimum atomic E-state index is 0.00879. The van der Waals surface area contributed by atoms with Gasteiger partial charge in [0.2, 0.25) is 5.91 Å². The summed E-state index contributed by atoms with van der Waals surface area (Å²) in [5.74, 6) is 0.00879. The fraction of sp³-hybridized carbons (Fsp3) is 0.214. The van der Waals surface area contributed by atoms with Gasteiger partial charge in [0.15, 0.2) is 0 Å². The maximum absolute atomic E-state index is 12.0. The smallest absolute Gasteiger partial charge is 0.241 e. The van der Waals surface area contributed by atoms with Crippen LogP contribution in [0.25, 0.3) is 0 Å². The molecule has 0 aliphatic heterocycles. The molecule has 2 aromatic rings. The van der Waals surface area contributed by atoms with E-state index in [1.165, 1.54) is 0 Å². The van der Waals surface area contributed by atoms with Gasteiger partial charge in [-0.05, 0) is 29.6 Å². The first-order valence-electron chi connectivity index (χ1n) is 6.01. The van der Waals surface area contributed by atoms with Gasteiger partial charge in [0, 0.05) is 27.7 Å². The third kappa shape index (κ3) is 4.40. The number of amides is 1. The lowest BCUT2D eigenvalue weighted by Gasteiger charge is -2.17. The SMILES string of the molecule is CN(Cc1cccs1)C(=O)CNc1cc(Cl)cc(Cl)c1. The lowest BCUT2D eigenvalue weighted by atomic mass is 10.3. The van der Waals surface area contributed by atoms with Gasteiger partial charge in [-0.1, -0.05) is 29.3 Å². The van der Waals surface area contributed by atoms with Crippen molar-refractivity contribution in [3.8, 4) is 0 Å². The van der Waals surface area contributed by atoms with Crippen LogP contribution in [0.2, 0.25) is 10.0 Å². The monoisotopic (exact) mass is 328 g/mol. The zero-order valence-electron chi connectivity index (χ0n) is 10.9. The summed E-state index contributed by atoms with van der Waals surface area (Å²) in [6.07, 6.45) is 0. The number of carbonyl (C=O) groups is 1. The molecule has 1 amide bonds. The van der Waals surface area contributed by atoms with E-state index in [1.807, 2.05) is 17.5 Å². The molecule has 106 valence electrons. The van der Waals surface area contributed by atoms with E-state index >= 15 is 0 Å². The van der Waals surface area contributed by atoms with Crippen LogP contribution in [0.5, 0.6) is 0 Å². The Morgan fingerprint density at radius 3 is 2.60 bits per heavy atom. The second kappa shape index (κ2) is 6.97. The maximum atomic E-state index is 12.0. The van der Waals surface area contributed by atoms with E-state index < -0.39 is 0 Å².